The van der Waals surface area contributed by atoms with Gasteiger partial charge < -0.3 is 10.1 Å². The molecule has 0 saturated carbocycles. The molecule has 2 aliphatic rings. The molecule has 2 unspecified atom stereocenters. The summed E-state index contributed by atoms with van der Waals surface area (Å²) in [5.74, 6) is 0.549. The van der Waals surface area contributed by atoms with Crippen molar-refractivity contribution in [1.29, 1.82) is 0 Å². The average Bonchev–Trinajstić information content (AvgIpc) is 2.46. The highest BCUT2D eigenvalue weighted by atomic mass is 127. The summed E-state index contributed by atoms with van der Waals surface area (Å²) in [7, 11) is 0. The summed E-state index contributed by atoms with van der Waals surface area (Å²) in [6.07, 6.45) is 4.25. The lowest BCUT2D eigenvalue weighted by atomic mass is 9.76. The minimum atomic E-state index is -0.440. The number of benzene rings is 1. The third-order valence-electron chi connectivity index (χ3n) is 4.73. The van der Waals surface area contributed by atoms with E-state index in [1.165, 1.54) is 5.56 Å². The van der Waals surface area contributed by atoms with E-state index < -0.39 is 3.42 Å². The Kier molecular flexibility index (Phi) is 4.78. The first-order valence-corrected chi connectivity index (χ1v) is 9.20. The van der Waals surface area contributed by atoms with E-state index in [1.54, 1.807) is 0 Å². The lowest BCUT2D eigenvalue weighted by Crippen LogP contribution is -2.53. The highest BCUT2D eigenvalue weighted by Crippen LogP contribution is 2.37. The summed E-state index contributed by atoms with van der Waals surface area (Å²) in [4.78, 5) is 12.1. The van der Waals surface area contributed by atoms with Gasteiger partial charge in [-0.25, -0.2) is 0 Å². The van der Waals surface area contributed by atoms with E-state index in [9.17, 15) is 4.79 Å². The van der Waals surface area contributed by atoms with Gasteiger partial charge >= 0.3 is 5.97 Å². The van der Waals surface area contributed by atoms with Crippen LogP contribution in [0.4, 0.5) is 0 Å². The topological polar surface area (TPSA) is 38.3 Å². The maximum atomic E-state index is 12.1. The number of piperidine rings is 2. The summed E-state index contributed by atoms with van der Waals surface area (Å²) in [5, 5.41) is 3.70. The van der Waals surface area contributed by atoms with Gasteiger partial charge in [0.25, 0.3) is 0 Å². The fraction of sp³-hybridized carbons (Fsp3) is 0.611. The highest BCUT2D eigenvalue weighted by Gasteiger charge is 2.38. The van der Waals surface area contributed by atoms with Crippen LogP contribution in [-0.2, 0) is 9.53 Å². The molecule has 2 atom stereocenters. The second kappa shape index (κ2) is 6.48. The first kappa shape index (κ1) is 16.2. The van der Waals surface area contributed by atoms with E-state index in [0.29, 0.717) is 18.0 Å². The Balaban J connectivity index is 1.61. The Labute approximate surface area is 146 Å². The van der Waals surface area contributed by atoms with E-state index in [2.05, 4.69) is 58.2 Å². The molecule has 1 aromatic rings. The number of carbonyl (C=O) groups excluding carboxylic acids is 1. The number of ether oxygens (including phenoxy) is 1. The van der Waals surface area contributed by atoms with Gasteiger partial charge in [-0.1, -0.05) is 52.9 Å². The molecule has 22 heavy (non-hydrogen) atoms. The van der Waals surface area contributed by atoms with Crippen LogP contribution in [0.5, 0.6) is 0 Å². The number of fused-ring (bicyclic) bond motifs is 2. The van der Waals surface area contributed by atoms with E-state index in [-0.39, 0.29) is 12.1 Å². The van der Waals surface area contributed by atoms with Crippen molar-refractivity contribution in [2.45, 2.75) is 67.1 Å². The zero-order chi connectivity index (χ0) is 15.7. The third kappa shape index (κ3) is 3.82. The number of halogens is 1. The molecule has 1 N–H and O–H groups in total. The largest absolute Gasteiger partial charge is 0.461 e. The molecule has 2 fully saturated rings. The summed E-state index contributed by atoms with van der Waals surface area (Å²) in [6.45, 7) is 3.81. The van der Waals surface area contributed by atoms with Crippen molar-refractivity contribution in [3.8, 4) is 0 Å². The molecule has 3 nitrogen and oxygen atoms in total. The molecule has 2 aliphatic heterocycles. The Morgan fingerprint density at radius 2 is 1.73 bits per heavy atom. The smallest absolute Gasteiger partial charge is 0.321 e. The molecule has 2 bridgehead atoms. The van der Waals surface area contributed by atoms with Crippen molar-refractivity contribution >= 4 is 28.6 Å². The fourth-order valence-corrected chi connectivity index (χ4v) is 3.82. The van der Waals surface area contributed by atoms with Crippen LogP contribution < -0.4 is 5.32 Å². The van der Waals surface area contributed by atoms with E-state index >= 15 is 0 Å². The van der Waals surface area contributed by atoms with Gasteiger partial charge in [-0.3, -0.25) is 4.79 Å². The highest BCUT2D eigenvalue weighted by molar-refractivity contribution is 14.1. The number of esters is 1. The van der Waals surface area contributed by atoms with Crippen molar-refractivity contribution in [2.24, 2.45) is 0 Å². The standard InChI is InChI=1S/C18H24INO2/c1-18(2,19)17(21)22-16-10-14-8-13(9-15(11-16)20-14)12-6-4-3-5-7-12/h3-7,13-16,20H,8-11H2,1-2H3. The molecule has 1 aromatic carbocycles. The molecule has 0 aliphatic carbocycles. The van der Waals surface area contributed by atoms with Gasteiger partial charge in [0.1, 0.15) is 9.53 Å². The van der Waals surface area contributed by atoms with Crippen molar-refractivity contribution in [2.75, 3.05) is 0 Å². The Morgan fingerprint density at radius 1 is 1.14 bits per heavy atom. The van der Waals surface area contributed by atoms with Gasteiger partial charge in [0.05, 0.1) is 0 Å². The van der Waals surface area contributed by atoms with Crippen LogP contribution in [0.2, 0.25) is 0 Å². The molecule has 0 aromatic heterocycles. The quantitative estimate of drug-likeness (QED) is 0.465. The first-order chi connectivity index (χ1) is 10.4. The van der Waals surface area contributed by atoms with Crippen LogP contribution in [0.3, 0.4) is 0 Å². The van der Waals surface area contributed by atoms with E-state index in [0.717, 1.165) is 25.7 Å². The Hall–Kier alpha value is -0.620. The van der Waals surface area contributed by atoms with E-state index in [4.69, 9.17) is 4.74 Å². The summed E-state index contributed by atoms with van der Waals surface area (Å²) >= 11 is 2.15. The molecular formula is C18H24INO2. The Bertz CT molecular complexity index is 512. The van der Waals surface area contributed by atoms with Gasteiger partial charge in [0.2, 0.25) is 0 Å². The van der Waals surface area contributed by atoms with Crippen molar-refractivity contribution in [3.05, 3.63) is 35.9 Å². The van der Waals surface area contributed by atoms with Crippen LogP contribution in [0.1, 0.15) is 51.0 Å². The monoisotopic (exact) mass is 413 g/mol. The average molecular weight is 413 g/mol. The normalized spacial score (nSPS) is 31.6. The van der Waals surface area contributed by atoms with Gasteiger partial charge in [0, 0.05) is 12.1 Å². The molecule has 120 valence electrons. The van der Waals surface area contributed by atoms with Crippen LogP contribution >= 0.6 is 22.6 Å². The van der Waals surface area contributed by atoms with Gasteiger partial charge in [-0.05, 0) is 51.0 Å². The summed E-state index contributed by atoms with van der Waals surface area (Å²) in [6, 6.07) is 11.7. The first-order valence-electron chi connectivity index (χ1n) is 8.13. The number of carbonyl (C=O) groups is 1. The third-order valence-corrected chi connectivity index (χ3v) is 5.17. The SMILES string of the molecule is CC(C)(I)C(=O)OC1CC2CC(c3ccccc3)CC(C1)N2. The molecule has 2 heterocycles. The van der Waals surface area contributed by atoms with Crippen LogP contribution in [0, 0.1) is 0 Å². The molecule has 2 saturated heterocycles. The maximum Gasteiger partial charge on any atom is 0.321 e. The molecule has 0 amide bonds. The second-order valence-electron chi connectivity index (χ2n) is 7.11. The van der Waals surface area contributed by atoms with E-state index in [1.807, 2.05) is 13.8 Å². The zero-order valence-electron chi connectivity index (χ0n) is 13.2. The number of nitrogens with one attached hydrogen (secondary N) is 1. The molecule has 0 radical (unpaired) electrons. The zero-order valence-corrected chi connectivity index (χ0v) is 15.4. The van der Waals surface area contributed by atoms with Crippen molar-refractivity contribution in [1.82, 2.24) is 5.32 Å². The summed E-state index contributed by atoms with van der Waals surface area (Å²) in [5.41, 5.74) is 1.45. The van der Waals surface area contributed by atoms with Gasteiger partial charge in [-0.2, -0.15) is 0 Å². The van der Waals surface area contributed by atoms with Crippen molar-refractivity contribution < 1.29 is 9.53 Å². The number of hydrogen-bond donors (Lipinski definition) is 1. The number of hydrogen-bond acceptors (Lipinski definition) is 3. The Morgan fingerprint density at radius 3 is 2.27 bits per heavy atom. The van der Waals surface area contributed by atoms with Crippen molar-refractivity contribution in [3.63, 3.8) is 0 Å². The van der Waals surface area contributed by atoms with Crippen LogP contribution in [0.25, 0.3) is 0 Å². The molecule has 0 spiro atoms. The number of alkyl halides is 1. The van der Waals surface area contributed by atoms with Gasteiger partial charge in [0.15, 0.2) is 0 Å². The molecular weight excluding hydrogens is 389 g/mol. The van der Waals surface area contributed by atoms with Gasteiger partial charge in [-0.15, -0.1) is 0 Å². The molecule has 4 heteroatoms. The van der Waals surface area contributed by atoms with Crippen LogP contribution in [-0.4, -0.2) is 27.6 Å². The minimum Gasteiger partial charge on any atom is -0.461 e. The lowest BCUT2D eigenvalue weighted by molar-refractivity contribution is -0.153. The second-order valence-corrected chi connectivity index (χ2v) is 9.81. The van der Waals surface area contributed by atoms with Crippen LogP contribution in [0.15, 0.2) is 30.3 Å². The lowest BCUT2D eigenvalue weighted by Gasteiger charge is -2.43. The maximum absolute atomic E-state index is 12.1. The molecule has 3 rings (SSSR count). The minimum absolute atomic E-state index is 0.0783. The predicted molar refractivity (Wildman–Crippen MR) is 96.3 cm³/mol. The number of rotatable bonds is 3. The fourth-order valence-electron chi connectivity index (χ4n) is 3.70. The predicted octanol–water partition coefficient (Wildman–Crippen LogP) is 3.81. The summed E-state index contributed by atoms with van der Waals surface area (Å²) < 4.78 is 5.31.